The third kappa shape index (κ3) is 4.71. The van der Waals surface area contributed by atoms with E-state index in [0.29, 0.717) is 25.3 Å². The minimum absolute atomic E-state index is 0.0489. The molecule has 5 nitrogen and oxygen atoms in total. The van der Waals surface area contributed by atoms with Gasteiger partial charge in [-0.3, -0.25) is 9.59 Å². The lowest BCUT2D eigenvalue weighted by Crippen LogP contribution is -2.29. The van der Waals surface area contributed by atoms with Crippen molar-refractivity contribution in [3.63, 3.8) is 0 Å². The van der Waals surface area contributed by atoms with E-state index in [4.69, 9.17) is 4.74 Å². The van der Waals surface area contributed by atoms with Crippen LogP contribution in [-0.2, 0) is 16.0 Å². The fraction of sp³-hybridized carbons (Fsp3) is 0.391. The molecule has 2 N–H and O–H groups in total. The van der Waals surface area contributed by atoms with E-state index in [2.05, 4.69) is 24.5 Å². The number of methoxy groups -OCH3 is 1. The zero-order valence-corrected chi connectivity index (χ0v) is 16.7. The Morgan fingerprint density at radius 1 is 1.04 bits per heavy atom. The maximum absolute atomic E-state index is 12.5. The molecule has 2 unspecified atom stereocenters. The molecule has 3 rings (SSSR count). The number of benzene rings is 2. The van der Waals surface area contributed by atoms with Crippen LogP contribution < -0.4 is 15.4 Å². The van der Waals surface area contributed by atoms with Crippen LogP contribution in [0.3, 0.4) is 0 Å². The summed E-state index contributed by atoms with van der Waals surface area (Å²) in [4.78, 5) is 24.9. The Hall–Kier alpha value is -2.82. The number of anilines is 1. The second-order valence-corrected chi connectivity index (χ2v) is 7.53. The summed E-state index contributed by atoms with van der Waals surface area (Å²) in [5.41, 5.74) is 3.00. The SMILES string of the molecule is COc1ccccc1CCNC(=O)C1CC1C(=O)Nc1ccccc1C(C)C. The molecule has 1 saturated carbocycles. The fourth-order valence-electron chi connectivity index (χ4n) is 3.48. The molecule has 0 heterocycles. The highest BCUT2D eigenvalue weighted by Crippen LogP contribution is 2.40. The predicted octanol–water partition coefficient (Wildman–Crippen LogP) is 3.75. The van der Waals surface area contributed by atoms with Gasteiger partial charge in [-0.25, -0.2) is 0 Å². The molecule has 1 fully saturated rings. The van der Waals surface area contributed by atoms with E-state index >= 15 is 0 Å². The first kappa shape index (κ1) is 19.9. The van der Waals surface area contributed by atoms with Crippen molar-refractivity contribution in [3.8, 4) is 5.75 Å². The Labute approximate surface area is 166 Å². The Bertz CT molecular complexity index is 847. The van der Waals surface area contributed by atoms with Gasteiger partial charge in [0.1, 0.15) is 5.75 Å². The van der Waals surface area contributed by atoms with Crippen LogP contribution in [0, 0.1) is 11.8 Å². The third-order valence-electron chi connectivity index (χ3n) is 5.19. The number of rotatable bonds is 8. The molecule has 0 spiro atoms. The number of amides is 2. The van der Waals surface area contributed by atoms with Gasteiger partial charge in [0.15, 0.2) is 0 Å². The van der Waals surface area contributed by atoms with Crippen LogP contribution in [0.15, 0.2) is 48.5 Å². The summed E-state index contributed by atoms with van der Waals surface area (Å²) in [6, 6.07) is 15.6. The largest absolute Gasteiger partial charge is 0.496 e. The molecule has 1 aliphatic carbocycles. The minimum Gasteiger partial charge on any atom is -0.496 e. The van der Waals surface area contributed by atoms with Gasteiger partial charge < -0.3 is 15.4 Å². The lowest BCUT2D eigenvalue weighted by Gasteiger charge is -2.13. The molecule has 0 radical (unpaired) electrons. The zero-order chi connectivity index (χ0) is 20.1. The first-order valence-electron chi connectivity index (χ1n) is 9.80. The Kier molecular flexibility index (Phi) is 6.34. The van der Waals surface area contributed by atoms with Crippen LogP contribution in [-0.4, -0.2) is 25.5 Å². The molecule has 2 atom stereocenters. The maximum atomic E-state index is 12.5. The first-order chi connectivity index (χ1) is 13.5. The number of hydrogen-bond donors (Lipinski definition) is 2. The van der Waals surface area contributed by atoms with E-state index < -0.39 is 0 Å². The van der Waals surface area contributed by atoms with Crippen molar-refractivity contribution in [1.29, 1.82) is 0 Å². The zero-order valence-electron chi connectivity index (χ0n) is 16.7. The van der Waals surface area contributed by atoms with Crippen molar-refractivity contribution in [2.75, 3.05) is 19.0 Å². The van der Waals surface area contributed by atoms with E-state index in [1.807, 2.05) is 48.5 Å². The Morgan fingerprint density at radius 3 is 2.46 bits per heavy atom. The predicted molar refractivity (Wildman–Crippen MR) is 110 cm³/mol. The third-order valence-corrected chi connectivity index (χ3v) is 5.19. The number of carbonyl (C=O) groups is 2. The number of nitrogens with one attached hydrogen (secondary N) is 2. The molecule has 2 amide bonds. The van der Waals surface area contributed by atoms with Crippen LogP contribution in [0.25, 0.3) is 0 Å². The summed E-state index contributed by atoms with van der Waals surface area (Å²) >= 11 is 0. The quantitative estimate of drug-likeness (QED) is 0.733. The summed E-state index contributed by atoms with van der Waals surface area (Å²) in [5.74, 6) is 0.551. The lowest BCUT2D eigenvalue weighted by molar-refractivity contribution is -0.125. The first-order valence-corrected chi connectivity index (χ1v) is 9.80. The van der Waals surface area contributed by atoms with Crippen molar-refractivity contribution in [2.24, 2.45) is 11.8 Å². The number of hydrogen-bond acceptors (Lipinski definition) is 3. The molecular weight excluding hydrogens is 352 g/mol. The number of ether oxygens (including phenoxy) is 1. The average molecular weight is 380 g/mol. The van der Waals surface area contributed by atoms with Gasteiger partial charge in [0.25, 0.3) is 0 Å². The highest BCUT2D eigenvalue weighted by Gasteiger charge is 2.48. The maximum Gasteiger partial charge on any atom is 0.228 e. The summed E-state index contributed by atoms with van der Waals surface area (Å²) in [7, 11) is 1.64. The summed E-state index contributed by atoms with van der Waals surface area (Å²) < 4.78 is 5.33. The highest BCUT2D eigenvalue weighted by atomic mass is 16.5. The monoisotopic (exact) mass is 380 g/mol. The van der Waals surface area contributed by atoms with Crippen LogP contribution in [0.4, 0.5) is 5.69 Å². The molecule has 148 valence electrons. The molecule has 1 aliphatic rings. The molecule has 0 bridgehead atoms. The van der Waals surface area contributed by atoms with E-state index in [9.17, 15) is 9.59 Å². The second kappa shape index (κ2) is 8.91. The van der Waals surface area contributed by atoms with Crippen LogP contribution in [0.2, 0.25) is 0 Å². The number of carbonyl (C=O) groups excluding carboxylic acids is 2. The minimum atomic E-state index is -0.244. The molecule has 28 heavy (non-hydrogen) atoms. The van der Waals surface area contributed by atoms with Gasteiger partial charge in [-0.1, -0.05) is 50.2 Å². The molecule has 5 heteroatoms. The van der Waals surface area contributed by atoms with Gasteiger partial charge in [0.05, 0.1) is 18.9 Å². The molecule has 0 aliphatic heterocycles. The molecule has 2 aromatic carbocycles. The number of para-hydroxylation sites is 2. The van der Waals surface area contributed by atoms with Crippen molar-refractivity contribution < 1.29 is 14.3 Å². The Balaban J connectivity index is 1.48. The summed E-state index contributed by atoms with van der Waals surface area (Å²) in [6.07, 6.45) is 1.30. The van der Waals surface area contributed by atoms with Gasteiger partial charge in [-0.15, -0.1) is 0 Å². The standard InChI is InChI=1S/C23H28N2O3/c1-15(2)17-9-5-6-10-20(17)25-23(27)19-14-18(19)22(26)24-13-12-16-8-4-7-11-21(16)28-3/h4-11,15,18-19H,12-14H2,1-3H3,(H,24,26)(H,25,27). The molecule has 0 saturated heterocycles. The lowest BCUT2D eigenvalue weighted by atomic mass is 10.0. The van der Waals surface area contributed by atoms with Crippen LogP contribution in [0.1, 0.15) is 37.3 Å². The fourth-order valence-corrected chi connectivity index (χ4v) is 3.48. The van der Waals surface area contributed by atoms with E-state index in [0.717, 1.165) is 22.6 Å². The van der Waals surface area contributed by atoms with E-state index in [1.54, 1.807) is 7.11 Å². The average Bonchev–Trinajstić information content (AvgIpc) is 3.49. The summed E-state index contributed by atoms with van der Waals surface area (Å²) in [5, 5.41) is 5.95. The van der Waals surface area contributed by atoms with Gasteiger partial charge in [0.2, 0.25) is 11.8 Å². The van der Waals surface area contributed by atoms with Gasteiger partial charge in [0, 0.05) is 12.2 Å². The molecule has 2 aromatic rings. The van der Waals surface area contributed by atoms with Crippen molar-refractivity contribution in [2.45, 2.75) is 32.6 Å². The van der Waals surface area contributed by atoms with Crippen molar-refractivity contribution in [1.82, 2.24) is 5.32 Å². The normalized spacial score (nSPS) is 17.9. The van der Waals surface area contributed by atoms with Gasteiger partial charge in [-0.05, 0) is 42.0 Å². The topological polar surface area (TPSA) is 67.4 Å². The van der Waals surface area contributed by atoms with Crippen LogP contribution in [0.5, 0.6) is 5.75 Å². The Morgan fingerprint density at radius 2 is 1.71 bits per heavy atom. The van der Waals surface area contributed by atoms with Crippen molar-refractivity contribution >= 4 is 17.5 Å². The van der Waals surface area contributed by atoms with E-state index in [1.165, 1.54) is 0 Å². The highest BCUT2D eigenvalue weighted by molar-refractivity contribution is 6.00. The van der Waals surface area contributed by atoms with Crippen molar-refractivity contribution in [3.05, 3.63) is 59.7 Å². The summed E-state index contributed by atoms with van der Waals surface area (Å²) in [6.45, 7) is 4.72. The smallest absolute Gasteiger partial charge is 0.228 e. The molecule has 0 aromatic heterocycles. The van der Waals surface area contributed by atoms with Gasteiger partial charge >= 0.3 is 0 Å². The van der Waals surface area contributed by atoms with E-state index in [-0.39, 0.29) is 23.7 Å². The van der Waals surface area contributed by atoms with Crippen LogP contribution >= 0.6 is 0 Å². The molecular formula is C23H28N2O3. The van der Waals surface area contributed by atoms with Gasteiger partial charge in [-0.2, -0.15) is 0 Å². The second-order valence-electron chi connectivity index (χ2n) is 7.53.